The van der Waals surface area contributed by atoms with Gasteiger partial charge in [0.05, 0.1) is 11.9 Å². The molecule has 2 aliphatic heterocycles. The highest BCUT2D eigenvalue weighted by Crippen LogP contribution is 2.25. The van der Waals surface area contributed by atoms with Gasteiger partial charge in [-0.3, -0.25) is 14.9 Å². The van der Waals surface area contributed by atoms with E-state index in [9.17, 15) is 14.4 Å². The molecule has 0 spiro atoms. The van der Waals surface area contributed by atoms with Gasteiger partial charge in [-0.25, -0.2) is 4.79 Å². The second kappa shape index (κ2) is 12.0. The standard InChI is InChI=1S/C25H26Cl2N2O5S/c26-19-11-18(12-20(27)14-19)15-34-25(32)29-8-5-16(6-9-29)7-10-33-21-3-1-17(2-4-21)13-22-23(30)28-24(31)35-22/h1-4,11-12,14,16,22H,5-10,13,15H2,(H,28,30,31). The van der Waals surface area contributed by atoms with Crippen LogP contribution in [0.4, 0.5) is 9.59 Å². The lowest BCUT2D eigenvalue weighted by molar-refractivity contribution is -0.118. The number of carbonyl (C=O) groups excluding carboxylic acids is 3. The average molecular weight is 537 g/mol. The fourth-order valence-corrected chi connectivity index (χ4v) is 5.57. The minimum atomic E-state index is -0.368. The number of nitrogens with zero attached hydrogens (tertiary/aromatic N) is 1. The number of amides is 3. The highest BCUT2D eigenvalue weighted by Gasteiger charge is 2.31. The normalized spacial score (nSPS) is 18.5. The van der Waals surface area contributed by atoms with Crippen LogP contribution in [-0.2, 0) is 22.6 Å². The third kappa shape index (κ3) is 7.53. The molecule has 186 valence electrons. The van der Waals surface area contributed by atoms with Crippen molar-refractivity contribution in [2.45, 2.75) is 37.5 Å². The van der Waals surface area contributed by atoms with Crippen molar-refractivity contribution in [1.82, 2.24) is 10.2 Å². The molecule has 0 saturated carbocycles. The molecule has 2 aliphatic rings. The molecule has 2 saturated heterocycles. The zero-order valence-electron chi connectivity index (χ0n) is 19.0. The first kappa shape index (κ1) is 25.7. The molecule has 7 nitrogen and oxygen atoms in total. The van der Waals surface area contributed by atoms with Crippen molar-refractivity contribution in [1.29, 1.82) is 0 Å². The van der Waals surface area contributed by atoms with Gasteiger partial charge in [0, 0.05) is 23.1 Å². The number of benzene rings is 2. The molecule has 0 radical (unpaired) electrons. The number of hydrogen-bond acceptors (Lipinski definition) is 6. The molecule has 1 unspecified atom stereocenters. The van der Waals surface area contributed by atoms with Gasteiger partial charge in [-0.2, -0.15) is 0 Å². The molecule has 35 heavy (non-hydrogen) atoms. The van der Waals surface area contributed by atoms with Gasteiger partial charge < -0.3 is 14.4 Å². The van der Waals surface area contributed by atoms with Gasteiger partial charge in [-0.1, -0.05) is 47.1 Å². The average Bonchev–Trinajstić information content (AvgIpc) is 3.14. The number of hydrogen-bond donors (Lipinski definition) is 1. The van der Waals surface area contributed by atoms with Crippen molar-refractivity contribution in [3.8, 4) is 5.75 Å². The van der Waals surface area contributed by atoms with E-state index in [0.29, 0.717) is 42.1 Å². The summed E-state index contributed by atoms with van der Waals surface area (Å²) in [6.45, 7) is 2.05. The van der Waals surface area contributed by atoms with Crippen LogP contribution < -0.4 is 10.1 Å². The van der Waals surface area contributed by atoms with Crippen LogP contribution in [-0.4, -0.2) is 47.1 Å². The van der Waals surface area contributed by atoms with E-state index in [-0.39, 0.29) is 29.1 Å². The van der Waals surface area contributed by atoms with E-state index in [4.69, 9.17) is 32.7 Å². The van der Waals surface area contributed by atoms with Crippen LogP contribution in [0, 0.1) is 5.92 Å². The Morgan fingerprint density at radius 1 is 1.03 bits per heavy atom. The van der Waals surface area contributed by atoms with Crippen LogP contribution in [0.3, 0.4) is 0 Å². The number of carbonyl (C=O) groups is 3. The second-order valence-corrected chi connectivity index (χ2v) is 10.7. The number of imide groups is 1. The van der Waals surface area contributed by atoms with Gasteiger partial charge in [0.1, 0.15) is 12.4 Å². The summed E-state index contributed by atoms with van der Waals surface area (Å²) < 4.78 is 11.3. The Morgan fingerprint density at radius 3 is 2.34 bits per heavy atom. The molecule has 2 aromatic rings. The maximum atomic E-state index is 12.4. The predicted octanol–water partition coefficient (Wildman–Crippen LogP) is 5.71. The summed E-state index contributed by atoms with van der Waals surface area (Å²) in [7, 11) is 0. The highest BCUT2D eigenvalue weighted by molar-refractivity contribution is 8.15. The Hall–Kier alpha value is -2.42. The number of nitrogens with one attached hydrogen (secondary N) is 1. The van der Waals surface area contributed by atoms with Crippen molar-refractivity contribution in [2.24, 2.45) is 5.92 Å². The fraction of sp³-hybridized carbons (Fsp3) is 0.400. The van der Waals surface area contributed by atoms with E-state index in [1.807, 2.05) is 24.3 Å². The van der Waals surface area contributed by atoms with E-state index in [1.165, 1.54) is 0 Å². The SMILES string of the molecule is O=C1NC(=O)C(Cc2ccc(OCCC3CCN(C(=O)OCc4cc(Cl)cc(Cl)c4)CC3)cc2)S1. The van der Waals surface area contributed by atoms with Gasteiger partial charge in [-0.15, -0.1) is 0 Å². The van der Waals surface area contributed by atoms with E-state index in [0.717, 1.165) is 47.9 Å². The van der Waals surface area contributed by atoms with Crippen LogP contribution in [0.2, 0.25) is 10.0 Å². The van der Waals surface area contributed by atoms with Gasteiger partial charge in [0.2, 0.25) is 5.91 Å². The molecule has 0 aliphatic carbocycles. The number of rotatable bonds is 8. The molecule has 1 atom stereocenters. The predicted molar refractivity (Wildman–Crippen MR) is 136 cm³/mol. The summed E-state index contributed by atoms with van der Waals surface area (Å²) in [5.41, 5.74) is 1.74. The molecule has 0 aromatic heterocycles. The van der Waals surface area contributed by atoms with Crippen molar-refractivity contribution >= 4 is 52.2 Å². The summed E-state index contributed by atoms with van der Waals surface area (Å²) in [5.74, 6) is 1.03. The Balaban J connectivity index is 1.13. The van der Waals surface area contributed by atoms with E-state index in [2.05, 4.69) is 5.32 Å². The lowest BCUT2D eigenvalue weighted by Gasteiger charge is -2.31. The minimum absolute atomic E-state index is 0.135. The van der Waals surface area contributed by atoms with Crippen LogP contribution in [0.5, 0.6) is 5.75 Å². The molecule has 4 rings (SSSR count). The third-order valence-corrected chi connectivity index (χ3v) is 7.48. The summed E-state index contributed by atoms with van der Waals surface area (Å²) in [5, 5.41) is 2.67. The Morgan fingerprint density at radius 2 is 1.71 bits per heavy atom. The maximum absolute atomic E-state index is 12.4. The maximum Gasteiger partial charge on any atom is 0.410 e. The first-order chi connectivity index (χ1) is 16.9. The number of thioether (sulfide) groups is 1. The molecule has 2 aromatic carbocycles. The Labute approximate surface area is 218 Å². The Bertz CT molecular complexity index is 1050. The molecular weight excluding hydrogens is 511 g/mol. The van der Waals surface area contributed by atoms with Crippen LogP contribution in [0.25, 0.3) is 0 Å². The molecule has 10 heteroatoms. The number of halogens is 2. The number of likely N-dealkylation sites (tertiary alicyclic amines) is 1. The van der Waals surface area contributed by atoms with Gasteiger partial charge in [0.15, 0.2) is 0 Å². The van der Waals surface area contributed by atoms with Crippen LogP contribution >= 0.6 is 35.0 Å². The summed E-state index contributed by atoms with van der Waals surface area (Å²) in [6, 6.07) is 12.7. The molecule has 0 bridgehead atoms. The smallest absolute Gasteiger partial charge is 0.410 e. The van der Waals surface area contributed by atoms with Crippen LogP contribution in [0.15, 0.2) is 42.5 Å². The number of ether oxygens (including phenoxy) is 2. The van der Waals surface area contributed by atoms with Gasteiger partial charge in [-0.05, 0) is 73.1 Å². The van der Waals surface area contributed by atoms with Crippen molar-refractivity contribution in [2.75, 3.05) is 19.7 Å². The van der Waals surface area contributed by atoms with E-state index in [1.54, 1.807) is 23.1 Å². The van der Waals surface area contributed by atoms with E-state index >= 15 is 0 Å². The molecule has 1 N–H and O–H groups in total. The Kier molecular flexibility index (Phi) is 8.81. The lowest BCUT2D eigenvalue weighted by Crippen LogP contribution is -2.39. The van der Waals surface area contributed by atoms with Crippen molar-refractivity contribution < 1.29 is 23.9 Å². The second-order valence-electron chi connectivity index (χ2n) is 8.63. The van der Waals surface area contributed by atoms with Crippen molar-refractivity contribution in [3.63, 3.8) is 0 Å². The lowest BCUT2D eigenvalue weighted by atomic mass is 9.94. The minimum Gasteiger partial charge on any atom is -0.494 e. The first-order valence-electron chi connectivity index (χ1n) is 11.5. The molecule has 3 amide bonds. The topological polar surface area (TPSA) is 84.9 Å². The first-order valence-corrected chi connectivity index (χ1v) is 13.1. The molecule has 2 fully saturated rings. The quantitative estimate of drug-likeness (QED) is 0.465. The summed E-state index contributed by atoms with van der Waals surface area (Å²) >= 11 is 13.0. The monoisotopic (exact) mass is 536 g/mol. The largest absolute Gasteiger partial charge is 0.494 e. The highest BCUT2D eigenvalue weighted by atomic mass is 35.5. The number of piperidine rings is 1. The molecular formula is C25H26Cl2N2O5S. The molecule has 2 heterocycles. The van der Waals surface area contributed by atoms with Gasteiger partial charge in [0.25, 0.3) is 5.24 Å². The van der Waals surface area contributed by atoms with Crippen molar-refractivity contribution in [3.05, 3.63) is 63.6 Å². The summed E-state index contributed by atoms with van der Waals surface area (Å²) in [6.07, 6.45) is 2.90. The van der Waals surface area contributed by atoms with E-state index < -0.39 is 0 Å². The zero-order chi connectivity index (χ0) is 24.8. The fourth-order valence-electron chi connectivity index (χ4n) is 4.14. The zero-order valence-corrected chi connectivity index (χ0v) is 21.3. The van der Waals surface area contributed by atoms with Gasteiger partial charge >= 0.3 is 6.09 Å². The third-order valence-electron chi connectivity index (χ3n) is 6.06. The van der Waals surface area contributed by atoms with Crippen LogP contribution in [0.1, 0.15) is 30.4 Å². The summed E-state index contributed by atoms with van der Waals surface area (Å²) in [4.78, 5) is 37.1.